The SMILES string of the molecule is C#CC.C=C(CC(N)C(=O)OC)N=CN(C)CCC(/C=C\C)=C/C. The van der Waals surface area contributed by atoms with E-state index in [1.165, 1.54) is 12.7 Å². The van der Waals surface area contributed by atoms with E-state index in [0.717, 1.165) is 13.0 Å². The number of nitrogens with two attached hydrogens (primary N) is 1. The molecule has 0 amide bonds. The first kappa shape index (κ1) is 23.9. The van der Waals surface area contributed by atoms with Crippen molar-refractivity contribution in [2.24, 2.45) is 10.7 Å². The van der Waals surface area contributed by atoms with Crippen molar-refractivity contribution in [2.75, 3.05) is 20.7 Å². The Hall–Kier alpha value is -2.32. The Morgan fingerprint density at radius 3 is 2.54 bits per heavy atom. The minimum Gasteiger partial charge on any atom is -0.468 e. The van der Waals surface area contributed by atoms with E-state index in [-0.39, 0.29) is 6.42 Å². The van der Waals surface area contributed by atoms with Crippen molar-refractivity contribution in [1.29, 1.82) is 0 Å². The molecule has 134 valence electrons. The highest BCUT2D eigenvalue weighted by molar-refractivity contribution is 5.75. The van der Waals surface area contributed by atoms with E-state index >= 15 is 0 Å². The van der Waals surface area contributed by atoms with Crippen molar-refractivity contribution in [1.82, 2.24) is 4.90 Å². The van der Waals surface area contributed by atoms with Crippen molar-refractivity contribution in [3.8, 4) is 12.3 Å². The van der Waals surface area contributed by atoms with E-state index in [1.807, 2.05) is 31.9 Å². The average molecular weight is 333 g/mol. The van der Waals surface area contributed by atoms with Crippen LogP contribution in [0.1, 0.15) is 33.6 Å². The molecule has 5 nitrogen and oxygen atoms in total. The molecule has 0 aromatic rings. The summed E-state index contributed by atoms with van der Waals surface area (Å²) in [5.74, 6) is 1.80. The van der Waals surface area contributed by atoms with Crippen molar-refractivity contribution in [3.63, 3.8) is 0 Å². The minimum absolute atomic E-state index is 0.287. The standard InChI is InChI=1S/C16H27N3O2.C3H4/c1-6-8-14(7-2)9-10-19(4)12-18-13(3)11-15(17)16(20)21-5;1-3-2/h6-8,12,15H,3,9-11,17H2,1-2,4-5H3;1H,2H3/b8-6-,14-7+,18-12?;. The fourth-order valence-electron chi connectivity index (χ4n) is 1.62. The molecular formula is C19H31N3O2. The molecule has 0 aromatic carbocycles. The second-order valence-electron chi connectivity index (χ2n) is 5.03. The van der Waals surface area contributed by atoms with Gasteiger partial charge in [-0.2, -0.15) is 0 Å². The molecule has 0 bridgehead atoms. The first-order chi connectivity index (χ1) is 11.4. The van der Waals surface area contributed by atoms with Crippen LogP contribution in [0, 0.1) is 12.3 Å². The van der Waals surface area contributed by atoms with Crippen LogP contribution in [-0.2, 0) is 9.53 Å². The summed E-state index contributed by atoms with van der Waals surface area (Å²) in [5, 5.41) is 0. The Kier molecular flexibility index (Phi) is 15.5. The van der Waals surface area contributed by atoms with E-state index in [1.54, 1.807) is 13.3 Å². The Morgan fingerprint density at radius 2 is 2.08 bits per heavy atom. The van der Waals surface area contributed by atoms with Gasteiger partial charge in [0.05, 0.1) is 13.4 Å². The number of carbonyl (C=O) groups excluding carboxylic acids is 1. The fourth-order valence-corrected chi connectivity index (χ4v) is 1.62. The summed E-state index contributed by atoms with van der Waals surface area (Å²) in [6.45, 7) is 10.3. The van der Waals surface area contributed by atoms with Crippen LogP contribution < -0.4 is 5.73 Å². The number of ether oxygens (including phenoxy) is 1. The zero-order valence-electron chi connectivity index (χ0n) is 15.6. The summed E-state index contributed by atoms with van der Waals surface area (Å²) in [6.07, 6.45) is 13.8. The maximum absolute atomic E-state index is 11.2. The van der Waals surface area contributed by atoms with Crippen LogP contribution in [0.3, 0.4) is 0 Å². The summed E-state index contributed by atoms with van der Waals surface area (Å²) >= 11 is 0. The number of carbonyl (C=O) groups is 1. The van der Waals surface area contributed by atoms with Gasteiger partial charge in [-0.05, 0) is 27.2 Å². The van der Waals surface area contributed by atoms with Crippen LogP contribution in [0.25, 0.3) is 0 Å². The van der Waals surface area contributed by atoms with Crippen LogP contribution in [0.4, 0.5) is 0 Å². The molecule has 24 heavy (non-hydrogen) atoms. The smallest absolute Gasteiger partial charge is 0.323 e. The summed E-state index contributed by atoms with van der Waals surface area (Å²) in [4.78, 5) is 17.4. The molecule has 0 aliphatic rings. The second kappa shape index (κ2) is 15.6. The van der Waals surface area contributed by atoms with Gasteiger partial charge in [0.1, 0.15) is 6.04 Å². The van der Waals surface area contributed by atoms with Gasteiger partial charge >= 0.3 is 5.97 Å². The van der Waals surface area contributed by atoms with E-state index in [9.17, 15) is 4.79 Å². The molecule has 2 N–H and O–H groups in total. The molecule has 0 aliphatic carbocycles. The molecule has 0 fully saturated rings. The van der Waals surface area contributed by atoms with E-state index in [4.69, 9.17) is 5.73 Å². The number of allylic oxidation sites excluding steroid dienone is 3. The molecule has 0 heterocycles. The molecular weight excluding hydrogens is 302 g/mol. The van der Waals surface area contributed by atoms with Crippen molar-refractivity contribution < 1.29 is 9.53 Å². The predicted octanol–water partition coefficient (Wildman–Crippen LogP) is 2.90. The highest BCUT2D eigenvalue weighted by Gasteiger charge is 2.14. The van der Waals surface area contributed by atoms with Crippen LogP contribution in [0.2, 0.25) is 0 Å². The first-order valence-corrected chi connectivity index (χ1v) is 7.76. The van der Waals surface area contributed by atoms with Crippen molar-refractivity contribution in [2.45, 2.75) is 39.7 Å². The summed E-state index contributed by atoms with van der Waals surface area (Å²) < 4.78 is 4.56. The summed E-state index contributed by atoms with van der Waals surface area (Å²) in [6, 6.07) is -0.714. The van der Waals surface area contributed by atoms with Gasteiger partial charge in [0.2, 0.25) is 0 Å². The predicted molar refractivity (Wildman–Crippen MR) is 103 cm³/mol. The lowest BCUT2D eigenvalue weighted by molar-refractivity contribution is -0.142. The highest BCUT2D eigenvalue weighted by atomic mass is 16.5. The molecule has 0 saturated heterocycles. The van der Waals surface area contributed by atoms with Gasteiger partial charge in [-0.1, -0.05) is 30.4 Å². The third kappa shape index (κ3) is 13.4. The lowest BCUT2D eigenvalue weighted by atomic mass is 10.1. The largest absolute Gasteiger partial charge is 0.468 e. The third-order valence-corrected chi connectivity index (χ3v) is 2.90. The molecule has 0 radical (unpaired) electrons. The molecule has 1 unspecified atom stereocenters. The van der Waals surface area contributed by atoms with E-state index < -0.39 is 12.0 Å². The van der Waals surface area contributed by atoms with Gasteiger partial charge in [0, 0.05) is 25.7 Å². The Labute approximate surface area is 147 Å². The number of terminal acetylenes is 1. The number of hydrogen-bond donors (Lipinski definition) is 1. The molecule has 0 rings (SSSR count). The number of rotatable bonds is 9. The number of esters is 1. The van der Waals surface area contributed by atoms with Crippen molar-refractivity contribution >= 4 is 12.3 Å². The maximum Gasteiger partial charge on any atom is 0.323 e. The zero-order valence-corrected chi connectivity index (χ0v) is 15.6. The molecule has 1 atom stereocenters. The number of methoxy groups -OCH3 is 1. The number of aliphatic imine (C=N–C) groups is 1. The van der Waals surface area contributed by atoms with Gasteiger partial charge in [-0.25, -0.2) is 4.99 Å². The van der Waals surface area contributed by atoms with Gasteiger partial charge in [-0.15, -0.1) is 12.3 Å². The van der Waals surface area contributed by atoms with Crippen LogP contribution in [0.5, 0.6) is 0 Å². The Balaban J connectivity index is 0. The zero-order chi connectivity index (χ0) is 19.0. The van der Waals surface area contributed by atoms with Crippen LogP contribution in [0.15, 0.2) is 41.1 Å². The molecule has 0 spiro atoms. The molecule has 0 saturated carbocycles. The van der Waals surface area contributed by atoms with Gasteiger partial charge in [0.15, 0.2) is 0 Å². The first-order valence-electron chi connectivity index (χ1n) is 7.76. The third-order valence-electron chi connectivity index (χ3n) is 2.90. The lowest BCUT2D eigenvalue weighted by Crippen LogP contribution is -2.31. The molecule has 0 aromatic heterocycles. The number of hydrogen-bond acceptors (Lipinski definition) is 4. The van der Waals surface area contributed by atoms with Gasteiger partial charge in [-0.3, -0.25) is 4.79 Å². The Morgan fingerprint density at radius 1 is 1.50 bits per heavy atom. The monoisotopic (exact) mass is 333 g/mol. The van der Waals surface area contributed by atoms with Crippen LogP contribution in [-0.4, -0.2) is 44.0 Å². The summed E-state index contributed by atoms with van der Waals surface area (Å²) in [7, 11) is 3.26. The second-order valence-corrected chi connectivity index (χ2v) is 5.03. The van der Waals surface area contributed by atoms with E-state index in [0.29, 0.717) is 5.70 Å². The highest BCUT2D eigenvalue weighted by Crippen LogP contribution is 2.06. The normalized spacial score (nSPS) is 12.3. The minimum atomic E-state index is -0.714. The number of nitrogens with zero attached hydrogens (tertiary/aromatic N) is 2. The van der Waals surface area contributed by atoms with E-state index in [2.05, 4.69) is 40.8 Å². The average Bonchev–Trinajstić information content (AvgIpc) is 2.56. The maximum atomic E-state index is 11.2. The topological polar surface area (TPSA) is 67.9 Å². The fraction of sp³-hybridized carbons (Fsp3) is 0.474. The van der Waals surface area contributed by atoms with Gasteiger partial charge < -0.3 is 15.4 Å². The van der Waals surface area contributed by atoms with Crippen molar-refractivity contribution in [3.05, 3.63) is 36.1 Å². The molecule has 5 heteroatoms. The molecule has 0 aliphatic heterocycles. The lowest BCUT2D eigenvalue weighted by Gasteiger charge is -2.14. The summed E-state index contributed by atoms with van der Waals surface area (Å²) in [5.41, 5.74) is 7.48. The quantitative estimate of drug-likeness (QED) is 0.232. The Bertz CT molecular complexity index is 499. The van der Waals surface area contributed by atoms with Crippen LogP contribution >= 0.6 is 0 Å². The van der Waals surface area contributed by atoms with Gasteiger partial charge in [0.25, 0.3) is 0 Å².